The van der Waals surface area contributed by atoms with Crippen LogP contribution in [-0.2, 0) is 5.41 Å². The molecule has 5 fully saturated rings. The molecule has 1 aromatic rings. The molecule has 23 heavy (non-hydrogen) atoms. The van der Waals surface area contributed by atoms with Gasteiger partial charge in [0.05, 0.1) is 12.1 Å². The van der Waals surface area contributed by atoms with Crippen molar-refractivity contribution in [2.24, 2.45) is 11.8 Å². The second-order valence-electron chi connectivity index (χ2n) is 8.35. The summed E-state index contributed by atoms with van der Waals surface area (Å²) in [5, 5.41) is 11.6. The first kappa shape index (κ1) is 13.0. The Kier molecular flexibility index (Phi) is 2.17. The van der Waals surface area contributed by atoms with Crippen LogP contribution in [0.15, 0.2) is 35.9 Å². The molecule has 0 aromatic heterocycles. The van der Waals surface area contributed by atoms with Crippen LogP contribution in [0.2, 0.25) is 0 Å². The molecule has 1 spiro atoms. The number of aliphatic hydroxyl groups excluding tert-OH is 1. The molecule has 5 heterocycles. The van der Waals surface area contributed by atoms with Gasteiger partial charge in [-0.1, -0.05) is 29.8 Å². The highest BCUT2D eigenvalue weighted by molar-refractivity contribution is 5.67. The van der Waals surface area contributed by atoms with E-state index in [1.807, 2.05) is 0 Å². The van der Waals surface area contributed by atoms with Gasteiger partial charge in [-0.05, 0) is 37.3 Å². The monoisotopic (exact) mass is 308 g/mol. The van der Waals surface area contributed by atoms with Gasteiger partial charge in [0.1, 0.15) is 0 Å². The van der Waals surface area contributed by atoms with E-state index in [0.29, 0.717) is 30.0 Å². The summed E-state index contributed by atoms with van der Waals surface area (Å²) < 4.78 is 0. The van der Waals surface area contributed by atoms with Crippen molar-refractivity contribution in [1.29, 1.82) is 0 Å². The smallest absolute Gasteiger partial charge is 0.0707 e. The van der Waals surface area contributed by atoms with Crippen molar-refractivity contribution in [2.75, 3.05) is 18.5 Å². The third kappa shape index (κ3) is 1.17. The number of piperidine rings is 4. The maximum atomic E-state index is 11.6. The number of fused-ring (bicyclic) bond motifs is 2. The first-order chi connectivity index (χ1) is 11.2. The molecule has 120 valence electrons. The number of allylic oxidation sites excluding steroid dienone is 1. The van der Waals surface area contributed by atoms with Gasteiger partial charge in [-0.3, -0.25) is 4.90 Å². The van der Waals surface area contributed by atoms with Crippen molar-refractivity contribution in [3.8, 4) is 0 Å². The first-order valence-corrected chi connectivity index (χ1v) is 9.09. The summed E-state index contributed by atoms with van der Waals surface area (Å²) in [4.78, 5) is 5.25. The number of likely N-dealkylation sites (N-methyl/N-ethyl adjacent to an activating group) is 1. The average molecular weight is 308 g/mol. The van der Waals surface area contributed by atoms with Gasteiger partial charge in [0, 0.05) is 42.7 Å². The van der Waals surface area contributed by atoms with Crippen molar-refractivity contribution in [3.05, 3.63) is 41.5 Å². The predicted molar refractivity (Wildman–Crippen MR) is 90.6 cm³/mol. The fourth-order valence-electron chi connectivity index (χ4n) is 7.35. The van der Waals surface area contributed by atoms with Gasteiger partial charge >= 0.3 is 0 Å². The Morgan fingerprint density at radius 3 is 2.91 bits per heavy atom. The quantitative estimate of drug-likeness (QED) is 0.744. The maximum absolute atomic E-state index is 11.6. The topological polar surface area (TPSA) is 26.7 Å². The van der Waals surface area contributed by atoms with Gasteiger partial charge in [0.25, 0.3) is 0 Å². The molecule has 3 nitrogen and oxygen atoms in total. The van der Waals surface area contributed by atoms with E-state index in [1.54, 1.807) is 5.57 Å². The standard InChI is InChI=1S/C20H24N2O/c1-3-11-10-22-15-8-12(11)17-16(22)9-20(19(17)23)13-6-4-5-7-14(13)21(2)18(15)20/h3-7,12,15-19,23H,8-10H2,1-2H3/b11-3+/t12?,15-,16-,17?,18-,19?,20+/m0/s1. The zero-order valence-electron chi connectivity index (χ0n) is 13.8. The number of hydrogen-bond donors (Lipinski definition) is 1. The van der Waals surface area contributed by atoms with Crippen LogP contribution >= 0.6 is 0 Å². The lowest BCUT2D eigenvalue weighted by Crippen LogP contribution is -2.68. The Morgan fingerprint density at radius 1 is 1.26 bits per heavy atom. The lowest BCUT2D eigenvalue weighted by atomic mass is 9.65. The van der Waals surface area contributed by atoms with Gasteiger partial charge in [-0.25, -0.2) is 0 Å². The predicted octanol–water partition coefficient (Wildman–Crippen LogP) is 2.16. The molecule has 0 amide bonds. The van der Waals surface area contributed by atoms with E-state index in [2.05, 4.69) is 54.1 Å². The van der Waals surface area contributed by atoms with Gasteiger partial charge in [0.2, 0.25) is 0 Å². The molecule has 4 unspecified atom stereocenters. The lowest BCUT2D eigenvalue weighted by molar-refractivity contribution is -0.0345. The summed E-state index contributed by atoms with van der Waals surface area (Å²) in [6, 6.07) is 10.5. The van der Waals surface area contributed by atoms with E-state index >= 15 is 0 Å². The Morgan fingerprint density at radius 2 is 2.09 bits per heavy atom. The zero-order valence-corrected chi connectivity index (χ0v) is 13.8. The molecule has 1 N–H and O–H groups in total. The third-order valence-corrected chi connectivity index (χ3v) is 8.00. The molecule has 1 aromatic carbocycles. The van der Waals surface area contributed by atoms with Gasteiger partial charge in [-0.15, -0.1) is 0 Å². The van der Waals surface area contributed by atoms with Crippen molar-refractivity contribution in [2.45, 2.75) is 49.4 Å². The molecule has 4 saturated heterocycles. The summed E-state index contributed by atoms with van der Waals surface area (Å²) in [6.45, 7) is 3.31. The van der Waals surface area contributed by atoms with Crippen molar-refractivity contribution >= 4 is 5.69 Å². The molecule has 1 aliphatic carbocycles. The van der Waals surface area contributed by atoms with Crippen LogP contribution in [0.5, 0.6) is 0 Å². The van der Waals surface area contributed by atoms with Crippen LogP contribution in [0.3, 0.4) is 0 Å². The van der Waals surface area contributed by atoms with Crippen LogP contribution in [0.1, 0.15) is 25.3 Å². The van der Waals surface area contributed by atoms with Gasteiger partial charge < -0.3 is 10.0 Å². The summed E-state index contributed by atoms with van der Waals surface area (Å²) in [5.41, 5.74) is 4.32. The molecule has 1 saturated carbocycles. The van der Waals surface area contributed by atoms with E-state index < -0.39 is 0 Å². The maximum Gasteiger partial charge on any atom is 0.0707 e. The highest BCUT2D eigenvalue weighted by atomic mass is 16.3. The molecule has 6 aliphatic rings. The van der Waals surface area contributed by atoms with Crippen LogP contribution in [0.25, 0.3) is 0 Å². The normalized spacial score (nSPS) is 53.1. The lowest BCUT2D eigenvalue weighted by Gasteiger charge is -2.58. The van der Waals surface area contributed by atoms with Crippen LogP contribution in [0, 0.1) is 11.8 Å². The van der Waals surface area contributed by atoms with Gasteiger partial charge in [0.15, 0.2) is 0 Å². The first-order valence-electron chi connectivity index (χ1n) is 9.09. The zero-order chi connectivity index (χ0) is 15.5. The molecule has 3 heteroatoms. The number of nitrogens with zero attached hydrogens (tertiary/aromatic N) is 2. The number of anilines is 1. The van der Waals surface area contributed by atoms with Gasteiger partial charge in [-0.2, -0.15) is 0 Å². The number of hydrogen-bond acceptors (Lipinski definition) is 3. The minimum atomic E-state index is -0.196. The highest BCUT2D eigenvalue weighted by Crippen LogP contribution is 2.67. The Bertz CT molecular complexity index is 743. The Hall–Kier alpha value is -1.32. The minimum absolute atomic E-state index is 0.0280. The van der Waals surface area contributed by atoms with Crippen LogP contribution in [-0.4, -0.2) is 47.8 Å². The van der Waals surface area contributed by atoms with E-state index in [1.165, 1.54) is 17.7 Å². The largest absolute Gasteiger partial charge is 0.392 e. The summed E-state index contributed by atoms with van der Waals surface area (Å²) in [5.74, 6) is 1.05. The van der Waals surface area contributed by atoms with E-state index in [9.17, 15) is 5.11 Å². The molecule has 0 radical (unpaired) electrons. The second kappa shape index (κ2) is 3.84. The molecular weight excluding hydrogens is 284 g/mol. The SMILES string of the molecule is C/C=C1\CN2[C@H]3C[C@@]45c6ccccc6N(C)[C@H]4[C@@H]2CC1C3C5O. The molecule has 5 aliphatic heterocycles. The molecule has 7 rings (SSSR count). The Balaban J connectivity index is 1.62. The van der Waals surface area contributed by atoms with Crippen LogP contribution in [0.4, 0.5) is 5.69 Å². The van der Waals surface area contributed by atoms with Crippen molar-refractivity contribution in [3.63, 3.8) is 0 Å². The fourth-order valence-corrected chi connectivity index (χ4v) is 7.35. The molecular formula is C20H24N2O. The minimum Gasteiger partial charge on any atom is -0.392 e. The molecule has 8 atom stereocenters. The van der Waals surface area contributed by atoms with E-state index in [-0.39, 0.29) is 11.5 Å². The fraction of sp³-hybridized carbons (Fsp3) is 0.600. The highest BCUT2D eigenvalue weighted by Gasteiger charge is 2.74. The second-order valence-corrected chi connectivity index (χ2v) is 8.35. The van der Waals surface area contributed by atoms with Crippen molar-refractivity contribution in [1.82, 2.24) is 4.90 Å². The summed E-state index contributed by atoms with van der Waals surface area (Å²) in [6.07, 6.45) is 4.51. The number of rotatable bonds is 0. The summed E-state index contributed by atoms with van der Waals surface area (Å²) in [7, 11) is 2.25. The van der Waals surface area contributed by atoms with Crippen LogP contribution < -0.4 is 4.90 Å². The summed E-state index contributed by atoms with van der Waals surface area (Å²) >= 11 is 0. The molecule has 5 bridgehead atoms. The van der Waals surface area contributed by atoms with E-state index in [4.69, 9.17) is 0 Å². The number of benzene rings is 1. The Labute approximate surface area is 137 Å². The average Bonchev–Trinajstić information content (AvgIpc) is 2.98. The third-order valence-electron chi connectivity index (χ3n) is 8.00. The van der Waals surface area contributed by atoms with Crippen molar-refractivity contribution < 1.29 is 5.11 Å². The number of para-hydroxylation sites is 1. The van der Waals surface area contributed by atoms with E-state index in [0.717, 1.165) is 13.0 Å². The number of aliphatic hydroxyl groups is 1.